The third kappa shape index (κ3) is 4.95. The first-order valence-corrected chi connectivity index (χ1v) is 11.1. The molecule has 2 aromatic rings. The lowest BCUT2D eigenvalue weighted by molar-refractivity contribution is -0.119. The largest absolute Gasteiger partial charge is 0.492 e. The number of carbonyl (C=O) groups excluding carboxylic acids is 1. The van der Waals surface area contributed by atoms with Gasteiger partial charge in [-0.1, -0.05) is 32.4 Å². The number of rotatable bonds is 6. The minimum absolute atomic E-state index is 0.0291. The molecule has 9 heteroatoms. The van der Waals surface area contributed by atoms with Crippen molar-refractivity contribution in [1.29, 1.82) is 0 Å². The molecule has 1 aromatic heterocycles. The molecule has 31 heavy (non-hydrogen) atoms. The number of hydrogen-bond donors (Lipinski definition) is 1. The van der Waals surface area contributed by atoms with Gasteiger partial charge in [0, 0.05) is 25.6 Å². The average molecular weight is 450 g/mol. The van der Waals surface area contributed by atoms with E-state index in [-0.39, 0.29) is 22.4 Å². The van der Waals surface area contributed by atoms with Crippen LogP contribution in [0.15, 0.2) is 18.2 Å². The first-order valence-electron chi connectivity index (χ1n) is 10.8. The van der Waals surface area contributed by atoms with Gasteiger partial charge in [-0.05, 0) is 36.3 Å². The Morgan fingerprint density at radius 3 is 2.84 bits per heavy atom. The summed E-state index contributed by atoms with van der Waals surface area (Å²) >= 11 is 5.86. The van der Waals surface area contributed by atoms with Crippen LogP contribution in [0.1, 0.15) is 51.9 Å². The molecule has 1 N–H and O–H groups in total. The van der Waals surface area contributed by atoms with Gasteiger partial charge in [0.2, 0.25) is 11.9 Å². The smallest absolute Gasteiger partial charge is 0.227 e. The first kappa shape index (κ1) is 21.9. The van der Waals surface area contributed by atoms with Gasteiger partial charge in [-0.2, -0.15) is 0 Å². The minimum Gasteiger partial charge on any atom is -0.492 e. The van der Waals surface area contributed by atoms with E-state index in [0.29, 0.717) is 37.7 Å². The lowest BCUT2D eigenvalue weighted by Gasteiger charge is -2.41. The monoisotopic (exact) mass is 449 g/mol. The number of amides is 1. The van der Waals surface area contributed by atoms with Gasteiger partial charge in [-0.15, -0.1) is 10.2 Å². The van der Waals surface area contributed by atoms with E-state index < -0.39 is 5.82 Å². The number of hydrogen-bond acceptors (Lipinski definition) is 5. The summed E-state index contributed by atoms with van der Waals surface area (Å²) in [6, 6.07) is 4.17. The Hall–Kier alpha value is -2.35. The van der Waals surface area contributed by atoms with E-state index in [1.807, 2.05) is 0 Å². The highest BCUT2D eigenvalue weighted by atomic mass is 35.5. The summed E-state index contributed by atoms with van der Waals surface area (Å²) in [6.07, 6.45) is 2.36. The second-order valence-electron chi connectivity index (χ2n) is 9.45. The predicted octanol–water partition coefficient (Wildman–Crippen LogP) is 3.97. The number of carbonyl (C=O) groups is 1. The molecule has 0 saturated carbocycles. The number of nitrogens with one attached hydrogen (secondary N) is 1. The number of benzene rings is 1. The summed E-state index contributed by atoms with van der Waals surface area (Å²) in [5, 5.41) is 12.0. The van der Waals surface area contributed by atoms with Gasteiger partial charge in [0.1, 0.15) is 18.2 Å². The van der Waals surface area contributed by atoms with Crippen molar-refractivity contribution in [1.82, 2.24) is 20.1 Å². The van der Waals surface area contributed by atoms with Crippen LogP contribution in [-0.2, 0) is 11.3 Å². The molecule has 1 amide bonds. The third-order valence-corrected chi connectivity index (χ3v) is 6.17. The molecule has 3 heterocycles. The fourth-order valence-electron chi connectivity index (χ4n) is 4.82. The maximum absolute atomic E-state index is 13.4. The van der Waals surface area contributed by atoms with Crippen molar-refractivity contribution in [3.8, 4) is 5.75 Å². The highest BCUT2D eigenvalue weighted by Gasteiger charge is 2.35. The first-order chi connectivity index (χ1) is 14.7. The normalized spacial score (nSPS) is 23.1. The summed E-state index contributed by atoms with van der Waals surface area (Å²) in [5.74, 6) is 2.15. The predicted molar refractivity (Wildman–Crippen MR) is 117 cm³/mol. The Labute approximate surface area is 186 Å². The lowest BCUT2D eigenvalue weighted by atomic mass is 9.79. The minimum atomic E-state index is -0.476. The molecule has 168 valence electrons. The van der Waals surface area contributed by atoms with E-state index in [0.717, 1.165) is 31.3 Å². The molecule has 2 aliphatic heterocycles. The molecule has 2 aliphatic rings. The Kier molecular flexibility index (Phi) is 6.10. The van der Waals surface area contributed by atoms with Crippen LogP contribution in [0, 0.1) is 17.2 Å². The summed E-state index contributed by atoms with van der Waals surface area (Å²) < 4.78 is 21.3. The Bertz CT molecular complexity index is 963. The van der Waals surface area contributed by atoms with Crippen molar-refractivity contribution in [3.05, 3.63) is 34.9 Å². The summed E-state index contributed by atoms with van der Waals surface area (Å²) in [7, 11) is 0. The van der Waals surface area contributed by atoms with Crippen molar-refractivity contribution in [2.24, 2.45) is 11.3 Å². The molecule has 0 aliphatic carbocycles. The fourth-order valence-corrected chi connectivity index (χ4v) is 4.99. The van der Waals surface area contributed by atoms with Crippen LogP contribution in [-0.4, -0.2) is 40.4 Å². The van der Waals surface area contributed by atoms with E-state index in [9.17, 15) is 9.18 Å². The van der Waals surface area contributed by atoms with Crippen LogP contribution in [0.5, 0.6) is 5.75 Å². The zero-order valence-corrected chi connectivity index (χ0v) is 19.0. The van der Waals surface area contributed by atoms with Crippen molar-refractivity contribution in [3.63, 3.8) is 0 Å². The van der Waals surface area contributed by atoms with Crippen LogP contribution in [0.4, 0.5) is 10.3 Å². The highest BCUT2D eigenvalue weighted by molar-refractivity contribution is 6.30. The number of aromatic nitrogens is 3. The zero-order chi connectivity index (χ0) is 22.2. The van der Waals surface area contributed by atoms with Crippen LogP contribution in [0.3, 0.4) is 0 Å². The molecule has 2 atom stereocenters. The lowest BCUT2D eigenvalue weighted by Crippen LogP contribution is -2.45. The standard InChI is InChI=1S/C22H29ClFN5O2/c1-14-11-22(2,3)13-28(12-14)21-27-26-20(18-6-7-19(30)25-18)29(21)8-9-31-15-4-5-17(24)16(23)10-15/h4-5,10,14,18H,6-9,11-13H2,1-3H3,(H,25,30). The molecule has 2 fully saturated rings. The van der Waals surface area contributed by atoms with Gasteiger partial charge in [0.15, 0.2) is 5.82 Å². The van der Waals surface area contributed by atoms with Gasteiger partial charge in [0.05, 0.1) is 17.6 Å². The maximum Gasteiger partial charge on any atom is 0.227 e. The van der Waals surface area contributed by atoms with Crippen molar-refractivity contribution < 1.29 is 13.9 Å². The second kappa shape index (κ2) is 8.65. The number of halogens is 2. The number of ether oxygens (including phenoxy) is 1. The van der Waals surface area contributed by atoms with Crippen LogP contribution in [0.25, 0.3) is 0 Å². The molecule has 0 bridgehead atoms. The van der Waals surface area contributed by atoms with Gasteiger partial charge in [0.25, 0.3) is 0 Å². The summed E-state index contributed by atoms with van der Waals surface area (Å²) in [6.45, 7) is 9.45. The van der Waals surface area contributed by atoms with Crippen LogP contribution >= 0.6 is 11.6 Å². The van der Waals surface area contributed by atoms with Gasteiger partial charge < -0.3 is 15.0 Å². The molecule has 4 rings (SSSR count). The maximum atomic E-state index is 13.4. The van der Waals surface area contributed by atoms with Crippen molar-refractivity contribution in [2.45, 2.75) is 52.6 Å². The van der Waals surface area contributed by atoms with E-state index in [1.54, 1.807) is 6.07 Å². The van der Waals surface area contributed by atoms with Gasteiger partial charge in [-0.25, -0.2) is 4.39 Å². The molecular formula is C22H29ClFN5O2. The molecule has 7 nitrogen and oxygen atoms in total. The van der Waals surface area contributed by atoms with E-state index in [2.05, 4.69) is 45.8 Å². The highest BCUT2D eigenvalue weighted by Crippen LogP contribution is 2.35. The number of anilines is 1. The Morgan fingerprint density at radius 2 is 2.16 bits per heavy atom. The zero-order valence-electron chi connectivity index (χ0n) is 18.2. The Morgan fingerprint density at radius 1 is 1.35 bits per heavy atom. The topological polar surface area (TPSA) is 72.3 Å². The molecule has 0 radical (unpaired) electrons. The molecule has 0 spiro atoms. The fraction of sp³-hybridized carbons (Fsp3) is 0.591. The van der Waals surface area contributed by atoms with E-state index in [1.165, 1.54) is 12.1 Å². The SMILES string of the molecule is CC1CN(c2nnc(C3CCC(=O)N3)n2CCOc2ccc(F)c(Cl)c2)CC(C)(C)C1. The van der Waals surface area contributed by atoms with E-state index in [4.69, 9.17) is 16.3 Å². The average Bonchev–Trinajstić information content (AvgIpc) is 3.29. The van der Waals surface area contributed by atoms with Crippen LogP contribution < -0.4 is 15.0 Å². The summed E-state index contributed by atoms with van der Waals surface area (Å²) in [4.78, 5) is 14.1. The van der Waals surface area contributed by atoms with Crippen LogP contribution in [0.2, 0.25) is 5.02 Å². The quantitative estimate of drug-likeness (QED) is 0.722. The van der Waals surface area contributed by atoms with Gasteiger partial charge >= 0.3 is 0 Å². The summed E-state index contributed by atoms with van der Waals surface area (Å²) in [5.41, 5.74) is 0.178. The molecule has 2 saturated heterocycles. The Balaban J connectivity index is 1.56. The molecular weight excluding hydrogens is 421 g/mol. The van der Waals surface area contributed by atoms with Crippen molar-refractivity contribution in [2.75, 3.05) is 24.6 Å². The van der Waals surface area contributed by atoms with Crippen molar-refractivity contribution >= 4 is 23.5 Å². The number of nitrogens with zero attached hydrogens (tertiary/aromatic N) is 4. The second-order valence-corrected chi connectivity index (χ2v) is 9.85. The third-order valence-electron chi connectivity index (χ3n) is 5.88. The molecule has 1 aromatic carbocycles. The number of piperidine rings is 1. The van der Waals surface area contributed by atoms with E-state index >= 15 is 0 Å². The molecule has 2 unspecified atom stereocenters. The van der Waals surface area contributed by atoms with Gasteiger partial charge in [-0.3, -0.25) is 9.36 Å².